The van der Waals surface area contributed by atoms with Crippen molar-refractivity contribution in [3.05, 3.63) is 69.5 Å². The van der Waals surface area contributed by atoms with Crippen LogP contribution in [0, 0.1) is 0 Å². The number of thiophene rings is 1. The molecule has 0 aliphatic heterocycles. The first-order chi connectivity index (χ1) is 17.9. The zero-order chi connectivity index (χ0) is 26.5. The number of nitrogens with one attached hydrogen (secondary N) is 1. The maximum absolute atomic E-state index is 13.6. The van der Waals surface area contributed by atoms with Gasteiger partial charge in [-0.2, -0.15) is 9.78 Å². The molecule has 2 aromatic carbocycles. The predicted octanol–water partition coefficient (Wildman–Crippen LogP) is 4.29. The number of carbonyl (C=O) groups excluding carboxylic acids is 2. The summed E-state index contributed by atoms with van der Waals surface area (Å²) in [6.07, 6.45) is 0. The quantitative estimate of drug-likeness (QED) is 0.323. The molecule has 10 nitrogen and oxygen atoms in total. The maximum atomic E-state index is 13.6. The third-order valence-electron chi connectivity index (χ3n) is 5.35. The van der Waals surface area contributed by atoms with E-state index in [0.29, 0.717) is 29.5 Å². The van der Waals surface area contributed by atoms with Crippen LogP contribution in [0.3, 0.4) is 0 Å². The van der Waals surface area contributed by atoms with Gasteiger partial charge in [0.2, 0.25) is 0 Å². The third-order valence-corrected chi connectivity index (χ3v) is 6.25. The van der Waals surface area contributed by atoms with Crippen LogP contribution in [0.25, 0.3) is 16.5 Å². The van der Waals surface area contributed by atoms with Gasteiger partial charge in [0, 0.05) is 22.4 Å². The van der Waals surface area contributed by atoms with Crippen LogP contribution in [0.2, 0.25) is 0 Å². The molecule has 0 spiro atoms. The molecule has 37 heavy (non-hydrogen) atoms. The topological polar surface area (TPSA) is 118 Å². The smallest absolute Gasteiger partial charge is 0.359 e. The first kappa shape index (κ1) is 25.7. The van der Waals surface area contributed by atoms with Crippen molar-refractivity contribution in [3.8, 4) is 22.9 Å². The Hall–Kier alpha value is -4.38. The molecule has 2 heterocycles. The summed E-state index contributed by atoms with van der Waals surface area (Å²) in [7, 11) is 2.97. The van der Waals surface area contributed by atoms with Crippen molar-refractivity contribution in [3.63, 3.8) is 0 Å². The minimum Gasteiger partial charge on any atom is -0.497 e. The van der Waals surface area contributed by atoms with E-state index in [0.717, 1.165) is 16.0 Å². The number of benzene rings is 2. The van der Waals surface area contributed by atoms with Gasteiger partial charge in [0.15, 0.2) is 5.69 Å². The van der Waals surface area contributed by atoms with E-state index >= 15 is 0 Å². The van der Waals surface area contributed by atoms with Gasteiger partial charge in [-0.15, -0.1) is 11.3 Å². The Balaban J connectivity index is 1.83. The standard InChI is InChI=1S/C26H25N3O7S/c1-5-35-17-9-7-16(8-10-17)29-25(31)21-20(22(28-29)26(32)36-6-2)14-37-24(21)27-23(30)15-11-18(33-3)13-19(12-15)34-4/h7-14H,5-6H2,1-4H3,(H,27,30). The average molecular weight is 524 g/mol. The molecular formula is C26H25N3O7S. The molecule has 4 aromatic rings. The molecule has 0 fully saturated rings. The summed E-state index contributed by atoms with van der Waals surface area (Å²) in [5, 5.41) is 9.38. The fraction of sp³-hybridized carbons (Fsp3) is 0.231. The lowest BCUT2D eigenvalue weighted by Gasteiger charge is -2.11. The van der Waals surface area contributed by atoms with E-state index in [4.69, 9.17) is 18.9 Å². The highest BCUT2D eigenvalue weighted by atomic mass is 32.1. The summed E-state index contributed by atoms with van der Waals surface area (Å²) < 4.78 is 22.3. The van der Waals surface area contributed by atoms with Crippen LogP contribution in [0.1, 0.15) is 34.7 Å². The van der Waals surface area contributed by atoms with E-state index in [1.807, 2.05) is 6.92 Å². The highest BCUT2D eigenvalue weighted by molar-refractivity contribution is 7.16. The van der Waals surface area contributed by atoms with Gasteiger partial charge in [-0.1, -0.05) is 0 Å². The SMILES string of the molecule is CCOC(=O)c1nn(-c2ccc(OCC)cc2)c(=O)c2c(NC(=O)c3cc(OC)cc(OC)c3)scc12. The van der Waals surface area contributed by atoms with E-state index in [1.54, 1.807) is 54.8 Å². The van der Waals surface area contributed by atoms with Crippen LogP contribution in [0.4, 0.5) is 5.00 Å². The minimum atomic E-state index is -0.680. The lowest BCUT2D eigenvalue weighted by molar-refractivity contribution is 0.0520. The largest absolute Gasteiger partial charge is 0.497 e. The Labute approximate surface area is 216 Å². The summed E-state index contributed by atoms with van der Waals surface area (Å²) in [5.74, 6) is 0.338. The number of hydrogen-bond acceptors (Lipinski definition) is 9. The minimum absolute atomic E-state index is 0.0369. The lowest BCUT2D eigenvalue weighted by atomic mass is 10.1. The number of anilines is 1. The number of ether oxygens (including phenoxy) is 4. The van der Waals surface area contributed by atoms with E-state index in [-0.39, 0.29) is 33.6 Å². The molecule has 192 valence electrons. The van der Waals surface area contributed by atoms with Crippen LogP contribution in [0.15, 0.2) is 52.6 Å². The van der Waals surface area contributed by atoms with E-state index < -0.39 is 17.4 Å². The van der Waals surface area contributed by atoms with Gasteiger partial charge in [-0.05, 0) is 50.2 Å². The molecule has 11 heteroatoms. The van der Waals surface area contributed by atoms with Crippen molar-refractivity contribution in [2.75, 3.05) is 32.8 Å². The van der Waals surface area contributed by atoms with Crippen molar-refractivity contribution in [1.82, 2.24) is 9.78 Å². The lowest BCUT2D eigenvalue weighted by Crippen LogP contribution is -2.25. The zero-order valence-corrected chi connectivity index (χ0v) is 21.5. The molecule has 0 aliphatic carbocycles. The number of amides is 1. The normalized spacial score (nSPS) is 10.7. The molecule has 0 bridgehead atoms. The van der Waals surface area contributed by atoms with Crippen molar-refractivity contribution in [2.45, 2.75) is 13.8 Å². The third kappa shape index (κ3) is 5.26. The van der Waals surface area contributed by atoms with E-state index in [2.05, 4.69) is 10.4 Å². The molecular weight excluding hydrogens is 498 g/mol. The second-order valence-corrected chi connectivity index (χ2v) is 8.50. The number of methoxy groups -OCH3 is 2. The number of carbonyl (C=O) groups is 2. The Kier molecular flexibility index (Phi) is 7.73. The number of esters is 1. The first-order valence-corrected chi connectivity index (χ1v) is 12.3. The van der Waals surface area contributed by atoms with E-state index in [1.165, 1.54) is 14.2 Å². The Bertz CT molecular complexity index is 1490. The highest BCUT2D eigenvalue weighted by Crippen LogP contribution is 2.32. The number of rotatable bonds is 9. The summed E-state index contributed by atoms with van der Waals surface area (Å²) in [4.78, 5) is 39.5. The zero-order valence-electron chi connectivity index (χ0n) is 20.7. The molecule has 0 aliphatic rings. The van der Waals surface area contributed by atoms with Crippen LogP contribution in [-0.4, -0.2) is 49.1 Å². The van der Waals surface area contributed by atoms with Gasteiger partial charge < -0.3 is 24.3 Å². The summed E-state index contributed by atoms with van der Waals surface area (Å²) in [6.45, 7) is 4.18. The van der Waals surface area contributed by atoms with Crippen molar-refractivity contribution >= 4 is 39.0 Å². The second-order valence-electron chi connectivity index (χ2n) is 7.62. The molecule has 1 N–H and O–H groups in total. The number of fused-ring (bicyclic) bond motifs is 1. The van der Waals surface area contributed by atoms with Crippen molar-refractivity contribution < 1.29 is 28.5 Å². The van der Waals surface area contributed by atoms with Crippen LogP contribution in [-0.2, 0) is 4.74 Å². The summed E-state index contributed by atoms with van der Waals surface area (Å²) >= 11 is 1.11. The van der Waals surface area contributed by atoms with Gasteiger partial charge in [-0.25, -0.2) is 4.79 Å². The molecule has 2 aromatic heterocycles. The molecule has 1 amide bonds. The van der Waals surface area contributed by atoms with Crippen LogP contribution < -0.4 is 25.1 Å². The summed E-state index contributed by atoms with van der Waals surface area (Å²) in [5.41, 5.74) is 0.142. The van der Waals surface area contributed by atoms with Gasteiger partial charge in [-0.3, -0.25) is 9.59 Å². The van der Waals surface area contributed by atoms with Gasteiger partial charge in [0.05, 0.1) is 38.5 Å². The molecule has 4 rings (SSSR count). The molecule has 0 saturated carbocycles. The van der Waals surface area contributed by atoms with Crippen LogP contribution in [0.5, 0.6) is 17.2 Å². The van der Waals surface area contributed by atoms with E-state index in [9.17, 15) is 14.4 Å². The monoisotopic (exact) mass is 523 g/mol. The summed E-state index contributed by atoms with van der Waals surface area (Å²) in [6, 6.07) is 11.5. The number of nitrogens with zero attached hydrogens (tertiary/aromatic N) is 2. The van der Waals surface area contributed by atoms with Crippen molar-refractivity contribution in [1.29, 1.82) is 0 Å². The van der Waals surface area contributed by atoms with Gasteiger partial charge in [0.25, 0.3) is 11.5 Å². The Morgan fingerprint density at radius 2 is 1.65 bits per heavy atom. The maximum Gasteiger partial charge on any atom is 0.359 e. The number of hydrogen-bond donors (Lipinski definition) is 1. The first-order valence-electron chi connectivity index (χ1n) is 11.4. The molecule has 0 unspecified atom stereocenters. The van der Waals surface area contributed by atoms with Crippen LogP contribution >= 0.6 is 11.3 Å². The van der Waals surface area contributed by atoms with Gasteiger partial charge >= 0.3 is 5.97 Å². The average Bonchev–Trinajstić information content (AvgIpc) is 3.33. The Morgan fingerprint density at radius 3 is 2.24 bits per heavy atom. The molecule has 0 radical (unpaired) electrons. The number of aromatic nitrogens is 2. The highest BCUT2D eigenvalue weighted by Gasteiger charge is 2.23. The van der Waals surface area contributed by atoms with Crippen molar-refractivity contribution in [2.24, 2.45) is 0 Å². The fourth-order valence-corrected chi connectivity index (χ4v) is 4.56. The van der Waals surface area contributed by atoms with Gasteiger partial charge in [0.1, 0.15) is 22.2 Å². The fourth-order valence-electron chi connectivity index (χ4n) is 3.63. The molecule has 0 atom stereocenters. The predicted molar refractivity (Wildman–Crippen MR) is 140 cm³/mol. The molecule has 0 saturated heterocycles. The Morgan fingerprint density at radius 1 is 0.973 bits per heavy atom. The second kappa shape index (κ2) is 11.1.